The summed E-state index contributed by atoms with van der Waals surface area (Å²) in [7, 11) is 1.80. The zero-order valence-electron chi connectivity index (χ0n) is 11.1. The number of hydrogen-bond acceptors (Lipinski definition) is 3. The molecule has 0 bridgehead atoms. The first kappa shape index (κ1) is 12.8. The van der Waals surface area contributed by atoms with Gasteiger partial charge in [0.2, 0.25) is 0 Å². The van der Waals surface area contributed by atoms with Crippen molar-refractivity contribution in [3.05, 3.63) is 23.5 Å². The molecule has 5 nitrogen and oxygen atoms in total. The van der Waals surface area contributed by atoms with Gasteiger partial charge >= 0.3 is 0 Å². The van der Waals surface area contributed by atoms with Crippen LogP contribution in [-0.2, 0) is 7.05 Å². The van der Waals surface area contributed by atoms with Crippen LogP contribution in [0.25, 0.3) is 0 Å². The topological polar surface area (TPSA) is 54.3 Å². The Labute approximate surface area is 107 Å². The molecule has 98 valence electrons. The molecular weight excluding hydrogens is 230 g/mol. The molecule has 1 atom stereocenters. The standard InChI is InChI=1S/C13H19N3O2/c1-9-7-14-4-5-16(9)13(18)12-6-11(10(2)17)8-15(12)3/h6,8-9,14H,4-5,7H2,1-3H3/t9-/m1/s1. The Morgan fingerprint density at radius 2 is 2.17 bits per heavy atom. The summed E-state index contributed by atoms with van der Waals surface area (Å²) >= 11 is 0. The van der Waals surface area contributed by atoms with Gasteiger partial charge in [0.15, 0.2) is 5.78 Å². The van der Waals surface area contributed by atoms with Gasteiger partial charge in [0.1, 0.15) is 5.69 Å². The molecule has 1 amide bonds. The van der Waals surface area contributed by atoms with Crippen molar-refractivity contribution in [1.82, 2.24) is 14.8 Å². The van der Waals surface area contributed by atoms with E-state index in [9.17, 15) is 9.59 Å². The number of carbonyl (C=O) groups excluding carboxylic acids is 2. The van der Waals surface area contributed by atoms with Crippen molar-refractivity contribution in [3.8, 4) is 0 Å². The molecule has 0 unspecified atom stereocenters. The van der Waals surface area contributed by atoms with Crippen LogP contribution in [0.15, 0.2) is 12.3 Å². The Morgan fingerprint density at radius 3 is 2.72 bits per heavy atom. The maximum atomic E-state index is 12.4. The SMILES string of the molecule is CC(=O)c1cc(C(=O)N2CCNC[C@H]2C)n(C)c1. The lowest BCUT2D eigenvalue weighted by Crippen LogP contribution is -2.52. The summed E-state index contributed by atoms with van der Waals surface area (Å²) in [5.74, 6) is -0.0167. The first-order valence-corrected chi connectivity index (χ1v) is 6.19. The fraction of sp³-hybridized carbons (Fsp3) is 0.538. The predicted molar refractivity (Wildman–Crippen MR) is 68.8 cm³/mol. The van der Waals surface area contributed by atoms with Crippen molar-refractivity contribution in [3.63, 3.8) is 0 Å². The smallest absolute Gasteiger partial charge is 0.270 e. The lowest BCUT2D eigenvalue weighted by Gasteiger charge is -2.34. The summed E-state index contributed by atoms with van der Waals surface area (Å²) in [6, 6.07) is 1.86. The number of nitrogens with zero attached hydrogens (tertiary/aromatic N) is 2. The highest BCUT2D eigenvalue weighted by Crippen LogP contribution is 2.13. The van der Waals surface area contributed by atoms with Gasteiger partial charge in [-0.25, -0.2) is 0 Å². The van der Waals surface area contributed by atoms with Gasteiger partial charge in [-0.2, -0.15) is 0 Å². The van der Waals surface area contributed by atoms with Crippen LogP contribution in [0.4, 0.5) is 0 Å². The number of Topliss-reactive ketones (excluding diaryl/α,β-unsaturated/α-hetero) is 1. The highest BCUT2D eigenvalue weighted by Gasteiger charge is 2.26. The Balaban J connectivity index is 2.25. The van der Waals surface area contributed by atoms with Crippen molar-refractivity contribution in [2.24, 2.45) is 7.05 Å². The molecule has 1 aromatic rings. The Bertz CT molecular complexity index is 479. The van der Waals surface area contributed by atoms with E-state index in [0.717, 1.165) is 13.1 Å². The molecule has 1 saturated heterocycles. The van der Waals surface area contributed by atoms with Gasteiger partial charge in [-0.05, 0) is 19.9 Å². The fourth-order valence-electron chi connectivity index (χ4n) is 2.26. The van der Waals surface area contributed by atoms with Crippen LogP contribution in [0.3, 0.4) is 0 Å². The van der Waals surface area contributed by atoms with E-state index in [1.165, 1.54) is 6.92 Å². The van der Waals surface area contributed by atoms with Gasteiger partial charge in [0.05, 0.1) is 0 Å². The zero-order valence-corrected chi connectivity index (χ0v) is 11.1. The van der Waals surface area contributed by atoms with Crippen LogP contribution in [0.2, 0.25) is 0 Å². The van der Waals surface area contributed by atoms with Crippen LogP contribution in [0, 0.1) is 0 Å². The summed E-state index contributed by atoms with van der Waals surface area (Å²) in [4.78, 5) is 25.6. The van der Waals surface area contributed by atoms with E-state index in [-0.39, 0.29) is 17.7 Å². The lowest BCUT2D eigenvalue weighted by molar-refractivity contribution is 0.0646. The minimum absolute atomic E-state index is 0.000926. The van der Waals surface area contributed by atoms with Crippen LogP contribution >= 0.6 is 0 Å². The maximum absolute atomic E-state index is 12.4. The number of rotatable bonds is 2. The van der Waals surface area contributed by atoms with Gasteiger partial charge in [-0.1, -0.05) is 0 Å². The summed E-state index contributed by atoms with van der Waals surface area (Å²) in [5.41, 5.74) is 1.16. The molecule has 2 heterocycles. The van der Waals surface area contributed by atoms with Crippen molar-refractivity contribution in [2.45, 2.75) is 19.9 Å². The molecule has 0 spiro atoms. The average molecular weight is 249 g/mol. The second-order valence-electron chi connectivity index (χ2n) is 4.83. The molecule has 5 heteroatoms. The summed E-state index contributed by atoms with van der Waals surface area (Å²) < 4.78 is 1.73. The predicted octanol–water partition coefficient (Wildman–Crippen LogP) is 0.662. The second-order valence-corrected chi connectivity index (χ2v) is 4.83. The average Bonchev–Trinajstić information content (AvgIpc) is 2.71. The normalized spacial score (nSPS) is 19.9. The van der Waals surface area contributed by atoms with Gasteiger partial charge in [0.25, 0.3) is 5.91 Å². The molecule has 0 aliphatic carbocycles. The van der Waals surface area contributed by atoms with Crippen molar-refractivity contribution < 1.29 is 9.59 Å². The minimum atomic E-state index is -0.0157. The molecule has 18 heavy (non-hydrogen) atoms. The molecule has 1 aliphatic heterocycles. The molecule has 1 aromatic heterocycles. The van der Waals surface area contributed by atoms with Crippen molar-refractivity contribution >= 4 is 11.7 Å². The lowest BCUT2D eigenvalue weighted by atomic mass is 10.2. The number of nitrogens with one attached hydrogen (secondary N) is 1. The number of carbonyl (C=O) groups is 2. The number of piperazine rings is 1. The Hall–Kier alpha value is -1.62. The molecule has 0 radical (unpaired) electrons. The first-order valence-electron chi connectivity index (χ1n) is 6.19. The monoisotopic (exact) mass is 249 g/mol. The fourth-order valence-corrected chi connectivity index (χ4v) is 2.26. The van der Waals surface area contributed by atoms with E-state index in [1.54, 1.807) is 23.9 Å². The number of hydrogen-bond donors (Lipinski definition) is 1. The van der Waals surface area contributed by atoms with Gasteiger partial charge in [-0.15, -0.1) is 0 Å². The number of amides is 1. The van der Waals surface area contributed by atoms with Crippen molar-refractivity contribution in [2.75, 3.05) is 19.6 Å². The summed E-state index contributed by atoms with van der Waals surface area (Å²) in [5, 5.41) is 3.25. The minimum Gasteiger partial charge on any atom is -0.346 e. The largest absolute Gasteiger partial charge is 0.346 e. The maximum Gasteiger partial charge on any atom is 0.270 e. The van der Waals surface area contributed by atoms with Crippen LogP contribution in [-0.4, -0.2) is 46.8 Å². The summed E-state index contributed by atoms with van der Waals surface area (Å²) in [6.07, 6.45) is 1.71. The van der Waals surface area contributed by atoms with Crippen molar-refractivity contribution in [1.29, 1.82) is 0 Å². The van der Waals surface area contributed by atoms with Gasteiger partial charge < -0.3 is 14.8 Å². The molecule has 0 aromatic carbocycles. The third-order valence-electron chi connectivity index (χ3n) is 3.39. The van der Waals surface area contributed by atoms with E-state index in [2.05, 4.69) is 5.32 Å². The second kappa shape index (κ2) is 4.94. The molecule has 1 N–H and O–H groups in total. The first-order chi connectivity index (χ1) is 8.50. The van der Waals surface area contributed by atoms with Gasteiger partial charge in [0, 0.05) is 44.5 Å². The third-order valence-corrected chi connectivity index (χ3v) is 3.39. The highest BCUT2D eigenvalue weighted by atomic mass is 16.2. The Kier molecular flexibility index (Phi) is 3.52. The quantitative estimate of drug-likeness (QED) is 0.783. The van der Waals surface area contributed by atoms with E-state index in [4.69, 9.17) is 0 Å². The van der Waals surface area contributed by atoms with E-state index >= 15 is 0 Å². The summed E-state index contributed by atoms with van der Waals surface area (Å²) in [6.45, 7) is 5.88. The molecule has 1 aliphatic rings. The van der Waals surface area contributed by atoms with Crippen LogP contribution < -0.4 is 5.32 Å². The van der Waals surface area contributed by atoms with E-state index in [1.807, 2.05) is 11.8 Å². The van der Waals surface area contributed by atoms with Crippen LogP contribution in [0.1, 0.15) is 34.7 Å². The molecular formula is C13H19N3O2. The molecule has 0 saturated carbocycles. The number of aromatic nitrogens is 1. The van der Waals surface area contributed by atoms with Crippen LogP contribution in [0.5, 0.6) is 0 Å². The zero-order chi connectivity index (χ0) is 13.3. The van der Waals surface area contributed by atoms with E-state index in [0.29, 0.717) is 17.8 Å². The highest BCUT2D eigenvalue weighted by molar-refractivity contribution is 5.99. The molecule has 1 fully saturated rings. The van der Waals surface area contributed by atoms with Gasteiger partial charge in [-0.3, -0.25) is 9.59 Å². The number of aryl methyl sites for hydroxylation is 1. The Morgan fingerprint density at radius 1 is 1.44 bits per heavy atom. The molecule has 2 rings (SSSR count). The third kappa shape index (κ3) is 2.31. The van der Waals surface area contributed by atoms with E-state index < -0.39 is 0 Å². The number of ketones is 1.